The first-order valence-electron chi connectivity index (χ1n) is 7.31. The van der Waals surface area contributed by atoms with Crippen molar-refractivity contribution in [2.75, 3.05) is 5.73 Å². The molecule has 0 fully saturated rings. The minimum absolute atomic E-state index is 0.136. The molecule has 7 heteroatoms. The number of hydrogen-bond donors (Lipinski definition) is 1. The molecule has 0 amide bonds. The summed E-state index contributed by atoms with van der Waals surface area (Å²) < 4.78 is 2.78. The molecule has 4 rings (SSSR count). The van der Waals surface area contributed by atoms with Crippen LogP contribution in [0.4, 0.5) is 5.95 Å². The molecule has 0 aliphatic heterocycles. The molecule has 6 nitrogen and oxygen atoms in total. The summed E-state index contributed by atoms with van der Waals surface area (Å²) in [5.41, 5.74) is 9.82. The van der Waals surface area contributed by atoms with Gasteiger partial charge in [0.15, 0.2) is 0 Å². The fraction of sp³-hybridized carbons (Fsp3) is 0.0588. The number of halogens is 1. The Bertz CT molecular complexity index is 1060. The average Bonchev–Trinajstić information content (AvgIpc) is 2.92. The largest absolute Gasteiger partial charge is 0.366 e. The molecule has 4 aromatic rings. The van der Waals surface area contributed by atoms with Gasteiger partial charge in [-0.25, -0.2) is 9.97 Å². The van der Waals surface area contributed by atoms with Gasteiger partial charge in [-0.2, -0.15) is 0 Å². The van der Waals surface area contributed by atoms with E-state index in [1.165, 1.54) is 0 Å². The summed E-state index contributed by atoms with van der Waals surface area (Å²) in [4.78, 5) is 8.92. The Hall–Kier alpha value is -2.80. The minimum Gasteiger partial charge on any atom is -0.366 e. The summed E-state index contributed by atoms with van der Waals surface area (Å²) in [6.07, 6.45) is 2.02. The van der Waals surface area contributed by atoms with Crippen LogP contribution in [-0.2, 0) is 7.05 Å². The molecule has 3 aromatic heterocycles. The standard InChI is InChI=1S/C17H13BrN6/c1-24-9-11(10-5-2-3-7-13(10)24)15-16(22-23-17(19)21-15)12-6-4-8-14(18)20-12/h2-9H,1H3,(H2,19,21,23). The average molecular weight is 381 g/mol. The summed E-state index contributed by atoms with van der Waals surface area (Å²) in [5, 5.41) is 9.24. The van der Waals surface area contributed by atoms with Crippen LogP contribution in [0.1, 0.15) is 0 Å². The van der Waals surface area contributed by atoms with Crippen molar-refractivity contribution in [1.29, 1.82) is 0 Å². The number of para-hydroxylation sites is 1. The quantitative estimate of drug-likeness (QED) is 0.538. The normalized spacial score (nSPS) is 11.1. The Morgan fingerprint density at radius 1 is 0.958 bits per heavy atom. The predicted molar refractivity (Wildman–Crippen MR) is 97.1 cm³/mol. The lowest BCUT2D eigenvalue weighted by molar-refractivity contribution is 0.964. The maximum atomic E-state index is 5.80. The first kappa shape index (κ1) is 14.8. The van der Waals surface area contributed by atoms with Crippen LogP contribution in [0.2, 0.25) is 0 Å². The third kappa shape index (κ3) is 2.43. The number of nitrogens with zero attached hydrogens (tertiary/aromatic N) is 5. The molecule has 0 radical (unpaired) electrons. The van der Waals surface area contributed by atoms with Crippen molar-refractivity contribution in [3.8, 4) is 22.6 Å². The lowest BCUT2D eigenvalue weighted by atomic mass is 10.1. The first-order chi connectivity index (χ1) is 11.6. The van der Waals surface area contributed by atoms with Gasteiger partial charge in [-0.3, -0.25) is 0 Å². The molecule has 0 atom stereocenters. The molecule has 0 bridgehead atoms. The number of anilines is 1. The fourth-order valence-electron chi connectivity index (χ4n) is 2.77. The second-order valence-electron chi connectivity index (χ2n) is 5.38. The zero-order valence-corrected chi connectivity index (χ0v) is 14.4. The molecule has 0 spiro atoms. The number of fused-ring (bicyclic) bond motifs is 1. The number of benzene rings is 1. The molecule has 0 saturated carbocycles. The summed E-state index contributed by atoms with van der Waals surface area (Å²) >= 11 is 3.39. The maximum Gasteiger partial charge on any atom is 0.240 e. The topological polar surface area (TPSA) is 82.5 Å². The second-order valence-corrected chi connectivity index (χ2v) is 6.20. The van der Waals surface area contributed by atoms with Crippen LogP contribution >= 0.6 is 15.9 Å². The van der Waals surface area contributed by atoms with E-state index >= 15 is 0 Å². The van der Waals surface area contributed by atoms with Crippen LogP contribution in [-0.4, -0.2) is 24.7 Å². The summed E-state index contributed by atoms with van der Waals surface area (Å²) in [5.74, 6) is 0.136. The van der Waals surface area contributed by atoms with Crippen LogP contribution in [0.25, 0.3) is 33.5 Å². The van der Waals surface area contributed by atoms with E-state index in [0.717, 1.165) is 21.1 Å². The van der Waals surface area contributed by atoms with Gasteiger partial charge < -0.3 is 10.3 Å². The predicted octanol–water partition coefficient (Wildman–Crippen LogP) is 3.44. The Labute approximate surface area is 146 Å². The van der Waals surface area contributed by atoms with Gasteiger partial charge >= 0.3 is 0 Å². The van der Waals surface area contributed by atoms with E-state index in [2.05, 4.69) is 52.8 Å². The molecule has 0 saturated heterocycles. The van der Waals surface area contributed by atoms with Crippen LogP contribution in [0.3, 0.4) is 0 Å². The molecule has 118 valence electrons. The van der Waals surface area contributed by atoms with Crippen molar-refractivity contribution >= 4 is 32.8 Å². The van der Waals surface area contributed by atoms with Crippen LogP contribution < -0.4 is 5.73 Å². The SMILES string of the molecule is Cn1cc(-c2nc(N)nnc2-c2cccc(Br)n2)c2ccccc21. The van der Waals surface area contributed by atoms with E-state index in [1.807, 2.05) is 43.6 Å². The van der Waals surface area contributed by atoms with Crippen molar-refractivity contribution < 1.29 is 0 Å². The molecule has 3 heterocycles. The molecule has 0 aliphatic carbocycles. The number of rotatable bonds is 2. The van der Waals surface area contributed by atoms with E-state index in [-0.39, 0.29) is 5.95 Å². The van der Waals surface area contributed by atoms with Gasteiger partial charge in [0, 0.05) is 29.7 Å². The van der Waals surface area contributed by atoms with Crippen molar-refractivity contribution in [3.63, 3.8) is 0 Å². The van der Waals surface area contributed by atoms with E-state index in [0.29, 0.717) is 17.1 Å². The fourth-order valence-corrected chi connectivity index (χ4v) is 3.11. The molecule has 1 aromatic carbocycles. The monoisotopic (exact) mass is 380 g/mol. The zero-order valence-electron chi connectivity index (χ0n) is 12.8. The number of nitrogen functional groups attached to an aromatic ring is 1. The van der Waals surface area contributed by atoms with Gasteiger partial charge in [0.25, 0.3) is 0 Å². The Kier molecular flexibility index (Phi) is 3.50. The van der Waals surface area contributed by atoms with Crippen molar-refractivity contribution in [3.05, 3.63) is 53.3 Å². The minimum atomic E-state index is 0.136. The third-order valence-electron chi connectivity index (χ3n) is 3.81. The van der Waals surface area contributed by atoms with Gasteiger partial charge in [0.05, 0.1) is 5.69 Å². The highest BCUT2D eigenvalue weighted by Gasteiger charge is 2.18. The highest BCUT2D eigenvalue weighted by Crippen LogP contribution is 2.34. The van der Waals surface area contributed by atoms with Gasteiger partial charge in [-0.1, -0.05) is 24.3 Å². The second kappa shape index (κ2) is 5.68. The molecular weight excluding hydrogens is 368 g/mol. The number of aromatic nitrogens is 5. The van der Waals surface area contributed by atoms with Gasteiger partial charge in [0.2, 0.25) is 5.95 Å². The van der Waals surface area contributed by atoms with E-state index < -0.39 is 0 Å². The number of aryl methyl sites for hydroxylation is 1. The van der Waals surface area contributed by atoms with Crippen LogP contribution in [0, 0.1) is 0 Å². The van der Waals surface area contributed by atoms with Gasteiger partial charge in [-0.15, -0.1) is 10.2 Å². The number of hydrogen-bond acceptors (Lipinski definition) is 5. The number of nitrogens with two attached hydrogens (primary N) is 1. The van der Waals surface area contributed by atoms with Gasteiger partial charge in [0.1, 0.15) is 16.0 Å². The Morgan fingerprint density at radius 3 is 2.62 bits per heavy atom. The zero-order chi connectivity index (χ0) is 16.7. The Morgan fingerprint density at radius 2 is 1.79 bits per heavy atom. The molecule has 24 heavy (non-hydrogen) atoms. The van der Waals surface area contributed by atoms with E-state index in [4.69, 9.17) is 5.73 Å². The van der Waals surface area contributed by atoms with E-state index in [1.54, 1.807) is 0 Å². The van der Waals surface area contributed by atoms with Gasteiger partial charge in [-0.05, 0) is 34.1 Å². The lowest BCUT2D eigenvalue weighted by Crippen LogP contribution is -2.03. The smallest absolute Gasteiger partial charge is 0.240 e. The van der Waals surface area contributed by atoms with Crippen LogP contribution in [0.15, 0.2) is 53.3 Å². The highest BCUT2D eigenvalue weighted by atomic mass is 79.9. The Balaban J connectivity index is 2.02. The summed E-state index contributed by atoms with van der Waals surface area (Å²) in [6.45, 7) is 0. The maximum absolute atomic E-state index is 5.80. The molecule has 0 aliphatic rings. The van der Waals surface area contributed by atoms with Crippen molar-refractivity contribution in [2.24, 2.45) is 7.05 Å². The third-order valence-corrected chi connectivity index (χ3v) is 4.25. The highest BCUT2D eigenvalue weighted by molar-refractivity contribution is 9.10. The van der Waals surface area contributed by atoms with Crippen LogP contribution in [0.5, 0.6) is 0 Å². The molecule has 0 unspecified atom stereocenters. The summed E-state index contributed by atoms with van der Waals surface area (Å²) in [7, 11) is 2.00. The molecular formula is C17H13BrN6. The van der Waals surface area contributed by atoms with E-state index in [9.17, 15) is 0 Å². The first-order valence-corrected chi connectivity index (χ1v) is 8.10. The molecule has 2 N–H and O–H groups in total. The van der Waals surface area contributed by atoms with Crippen molar-refractivity contribution in [1.82, 2.24) is 24.7 Å². The summed E-state index contributed by atoms with van der Waals surface area (Å²) in [6, 6.07) is 13.8. The van der Waals surface area contributed by atoms with Crippen molar-refractivity contribution in [2.45, 2.75) is 0 Å². The lowest BCUT2D eigenvalue weighted by Gasteiger charge is -2.07. The number of pyridine rings is 1.